The number of ether oxygens (including phenoxy) is 1. The zero-order valence-corrected chi connectivity index (χ0v) is 21.5. The number of nitrogens with zero attached hydrogens (tertiary/aromatic N) is 3. The first-order valence-electron chi connectivity index (χ1n) is 10.7. The average molecular weight is 527 g/mol. The van der Waals surface area contributed by atoms with E-state index in [-0.39, 0.29) is 24.0 Å². The van der Waals surface area contributed by atoms with E-state index in [2.05, 4.69) is 39.6 Å². The summed E-state index contributed by atoms with van der Waals surface area (Å²) in [6, 6.07) is 0. The third kappa shape index (κ3) is 13.9. The highest BCUT2D eigenvalue weighted by atomic mass is 127. The van der Waals surface area contributed by atoms with Gasteiger partial charge in [0.05, 0.1) is 0 Å². The van der Waals surface area contributed by atoms with Crippen LogP contribution in [0.15, 0.2) is 4.99 Å². The molecule has 0 aromatic carbocycles. The Morgan fingerprint density at radius 3 is 2.17 bits per heavy atom. The van der Waals surface area contributed by atoms with Gasteiger partial charge in [0, 0.05) is 58.9 Å². The molecule has 3 N–H and O–H groups in total. The molecule has 1 atom stereocenters. The number of carbonyl (C=O) groups is 1. The van der Waals surface area contributed by atoms with Crippen molar-refractivity contribution in [2.24, 2.45) is 10.9 Å². The molecule has 0 aliphatic carbocycles. The van der Waals surface area contributed by atoms with Gasteiger partial charge in [0.15, 0.2) is 5.96 Å². The highest BCUT2D eigenvalue weighted by Crippen LogP contribution is 2.07. The van der Waals surface area contributed by atoms with Crippen LogP contribution >= 0.6 is 24.0 Å². The molecule has 1 heterocycles. The summed E-state index contributed by atoms with van der Waals surface area (Å²) >= 11 is 0. The minimum atomic E-state index is -0.479. The van der Waals surface area contributed by atoms with Crippen LogP contribution in [0.5, 0.6) is 0 Å². The van der Waals surface area contributed by atoms with Crippen LogP contribution in [0.4, 0.5) is 4.79 Å². The Balaban J connectivity index is 0.00000784. The number of nitrogens with one attached hydrogen (secondary N) is 3. The maximum absolute atomic E-state index is 11.7. The van der Waals surface area contributed by atoms with Gasteiger partial charge in [-0.25, -0.2) is 4.79 Å². The summed E-state index contributed by atoms with van der Waals surface area (Å²) in [5.41, 5.74) is -0.479. The zero-order chi connectivity index (χ0) is 21.0. The van der Waals surface area contributed by atoms with Gasteiger partial charge in [0.1, 0.15) is 5.60 Å². The number of hydrogen-bond acceptors (Lipinski definition) is 5. The molecule has 9 heteroatoms. The Labute approximate surface area is 194 Å². The normalized spacial score (nSPS) is 17.2. The number of halogens is 1. The lowest BCUT2D eigenvalue weighted by molar-refractivity contribution is 0.0529. The van der Waals surface area contributed by atoms with E-state index in [1.807, 2.05) is 27.7 Å². The van der Waals surface area contributed by atoms with Gasteiger partial charge >= 0.3 is 6.09 Å². The standard InChI is InChI=1S/C20H42N6O2.HI/c1-7-21-18(22-9-10-23-19(27)28-20(4,5)6)24-15-17(3)16-26-13-11-25(8-2)12-14-26;/h17H,7-16H2,1-6H3,(H,23,27)(H2,21,22,24);1H. The van der Waals surface area contributed by atoms with E-state index >= 15 is 0 Å². The highest BCUT2D eigenvalue weighted by Gasteiger charge is 2.17. The molecule has 0 bridgehead atoms. The average Bonchev–Trinajstić information content (AvgIpc) is 2.62. The minimum absolute atomic E-state index is 0. The first kappa shape index (κ1) is 28.2. The van der Waals surface area contributed by atoms with Crippen molar-refractivity contribution in [1.29, 1.82) is 0 Å². The van der Waals surface area contributed by atoms with Crippen LogP contribution in [-0.2, 0) is 4.74 Å². The Morgan fingerprint density at radius 2 is 1.62 bits per heavy atom. The molecular weight excluding hydrogens is 483 g/mol. The molecule has 0 aromatic heterocycles. The predicted molar refractivity (Wildman–Crippen MR) is 131 cm³/mol. The monoisotopic (exact) mass is 526 g/mol. The smallest absolute Gasteiger partial charge is 0.407 e. The number of carbonyl (C=O) groups excluding carboxylic acids is 1. The second-order valence-corrected chi connectivity index (χ2v) is 8.42. The van der Waals surface area contributed by atoms with Crippen molar-refractivity contribution in [3.63, 3.8) is 0 Å². The van der Waals surface area contributed by atoms with Crippen molar-refractivity contribution >= 4 is 36.0 Å². The fourth-order valence-electron chi connectivity index (χ4n) is 3.04. The van der Waals surface area contributed by atoms with E-state index in [4.69, 9.17) is 9.73 Å². The van der Waals surface area contributed by atoms with Gasteiger partial charge in [-0.15, -0.1) is 24.0 Å². The third-order valence-corrected chi connectivity index (χ3v) is 4.47. The van der Waals surface area contributed by atoms with Gasteiger partial charge in [-0.05, 0) is 40.2 Å². The number of guanidine groups is 1. The van der Waals surface area contributed by atoms with Crippen LogP contribution in [0, 0.1) is 5.92 Å². The lowest BCUT2D eigenvalue weighted by atomic mass is 10.1. The topological polar surface area (TPSA) is 81.2 Å². The van der Waals surface area contributed by atoms with Gasteiger partial charge in [0.25, 0.3) is 0 Å². The van der Waals surface area contributed by atoms with E-state index in [1.54, 1.807) is 0 Å². The lowest BCUT2D eigenvalue weighted by Gasteiger charge is -2.35. The lowest BCUT2D eigenvalue weighted by Crippen LogP contribution is -2.47. The molecule has 1 aliphatic heterocycles. The fraction of sp³-hybridized carbons (Fsp3) is 0.900. The van der Waals surface area contributed by atoms with E-state index in [0.29, 0.717) is 19.0 Å². The second-order valence-electron chi connectivity index (χ2n) is 8.42. The Kier molecular flexibility index (Phi) is 14.6. The SMILES string of the molecule is CCNC(=NCC(C)CN1CCN(CC)CC1)NCCNC(=O)OC(C)(C)C.I. The second kappa shape index (κ2) is 15.1. The molecule has 1 fully saturated rings. The Bertz CT molecular complexity index is 476. The number of aliphatic imine (C=N–C) groups is 1. The Hall–Kier alpha value is -0.810. The van der Waals surface area contributed by atoms with E-state index in [0.717, 1.165) is 45.2 Å². The van der Waals surface area contributed by atoms with Crippen molar-refractivity contribution in [2.75, 3.05) is 65.4 Å². The molecule has 0 saturated carbocycles. The third-order valence-electron chi connectivity index (χ3n) is 4.47. The number of alkyl carbamates (subject to hydrolysis) is 1. The van der Waals surface area contributed by atoms with E-state index < -0.39 is 11.7 Å². The molecular formula is C20H43IN6O2. The van der Waals surface area contributed by atoms with Crippen LogP contribution in [0.2, 0.25) is 0 Å². The summed E-state index contributed by atoms with van der Waals surface area (Å²) < 4.78 is 5.23. The quantitative estimate of drug-likeness (QED) is 0.185. The first-order valence-corrected chi connectivity index (χ1v) is 10.7. The van der Waals surface area contributed by atoms with Gasteiger partial charge < -0.3 is 30.5 Å². The number of rotatable bonds is 9. The highest BCUT2D eigenvalue weighted by molar-refractivity contribution is 14.0. The Morgan fingerprint density at radius 1 is 1.03 bits per heavy atom. The number of amides is 1. The summed E-state index contributed by atoms with van der Waals surface area (Å²) in [4.78, 5) is 21.4. The number of piperazine rings is 1. The number of likely N-dealkylation sites (N-methyl/N-ethyl adjacent to an activating group) is 1. The molecule has 29 heavy (non-hydrogen) atoms. The summed E-state index contributed by atoms with van der Waals surface area (Å²) in [6.45, 7) is 21.6. The van der Waals surface area contributed by atoms with Crippen LogP contribution in [0.25, 0.3) is 0 Å². The van der Waals surface area contributed by atoms with E-state index in [9.17, 15) is 4.79 Å². The molecule has 1 rings (SSSR count). The summed E-state index contributed by atoms with van der Waals surface area (Å²) in [5, 5.41) is 9.26. The first-order chi connectivity index (χ1) is 13.2. The van der Waals surface area contributed by atoms with Gasteiger partial charge in [-0.1, -0.05) is 13.8 Å². The van der Waals surface area contributed by atoms with Gasteiger partial charge in [0.2, 0.25) is 0 Å². The summed E-state index contributed by atoms with van der Waals surface area (Å²) in [5.74, 6) is 1.29. The minimum Gasteiger partial charge on any atom is -0.444 e. The molecule has 172 valence electrons. The van der Waals surface area contributed by atoms with Crippen LogP contribution in [0.3, 0.4) is 0 Å². The maximum Gasteiger partial charge on any atom is 0.407 e. The molecule has 0 radical (unpaired) electrons. The van der Waals surface area contributed by atoms with Crippen LogP contribution in [0.1, 0.15) is 41.5 Å². The van der Waals surface area contributed by atoms with E-state index in [1.165, 1.54) is 13.1 Å². The van der Waals surface area contributed by atoms with Crippen molar-refractivity contribution in [2.45, 2.75) is 47.1 Å². The number of hydrogen-bond donors (Lipinski definition) is 3. The predicted octanol–water partition coefficient (Wildman–Crippen LogP) is 1.96. The maximum atomic E-state index is 11.7. The zero-order valence-electron chi connectivity index (χ0n) is 19.2. The molecule has 1 saturated heterocycles. The van der Waals surface area contributed by atoms with Crippen LogP contribution < -0.4 is 16.0 Å². The summed E-state index contributed by atoms with van der Waals surface area (Å²) in [7, 11) is 0. The fourth-order valence-corrected chi connectivity index (χ4v) is 3.04. The van der Waals surface area contributed by atoms with Crippen LogP contribution in [-0.4, -0.2) is 92.9 Å². The van der Waals surface area contributed by atoms with Crippen molar-refractivity contribution in [1.82, 2.24) is 25.8 Å². The van der Waals surface area contributed by atoms with Crippen molar-refractivity contribution < 1.29 is 9.53 Å². The summed E-state index contributed by atoms with van der Waals surface area (Å²) in [6.07, 6.45) is -0.395. The molecule has 0 aromatic rings. The molecule has 8 nitrogen and oxygen atoms in total. The molecule has 1 amide bonds. The molecule has 1 unspecified atom stereocenters. The van der Waals surface area contributed by atoms with Crippen molar-refractivity contribution in [3.05, 3.63) is 0 Å². The molecule has 1 aliphatic rings. The van der Waals surface area contributed by atoms with Gasteiger partial charge in [-0.2, -0.15) is 0 Å². The molecule has 0 spiro atoms. The largest absolute Gasteiger partial charge is 0.444 e. The van der Waals surface area contributed by atoms with Gasteiger partial charge in [-0.3, -0.25) is 4.99 Å². The van der Waals surface area contributed by atoms with Crippen molar-refractivity contribution in [3.8, 4) is 0 Å².